The van der Waals surface area contributed by atoms with Crippen molar-refractivity contribution in [3.8, 4) is 5.75 Å². The number of carbonyl (C=O) groups is 1. The average molecular weight is 296 g/mol. The summed E-state index contributed by atoms with van der Waals surface area (Å²) in [6.07, 6.45) is 1.61. The lowest BCUT2D eigenvalue weighted by Gasteiger charge is -2.04. The Labute approximate surface area is 130 Å². The molecule has 0 atom stereocenters. The number of carbonyl (C=O) groups excluding carboxylic acids is 1. The molecule has 0 radical (unpaired) electrons. The Kier molecular flexibility index (Phi) is 5.31. The third-order valence-corrected chi connectivity index (χ3v) is 3.34. The molecule has 2 aromatic carbocycles. The number of rotatable bonds is 5. The Morgan fingerprint density at radius 3 is 2.50 bits per heavy atom. The lowest BCUT2D eigenvalue weighted by Crippen LogP contribution is -2.17. The van der Waals surface area contributed by atoms with Crippen LogP contribution in [0.15, 0.2) is 47.6 Å². The minimum absolute atomic E-state index is 0.217. The number of nitrogens with one attached hydrogen (secondary N) is 1. The molecule has 0 aliphatic heterocycles. The second-order valence-corrected chi connectivity index (χ2v) is 5.00. The van der Waals surface area contributed by atoms with Gasteiger partial charge >= 0.3 is 0 Å². The SMILES string of the molecule is CCOc1ccc(C=NNC(=O)c2ccc(C)c(C)c2)cc1. The van der Waals surface area contributed by atoms with Crippen molar-refractivity contribution in [2.24, 2.45) is 5.10 Å². The number of ether oxygens (including phenoxy) is 1. The summed E-state index contributed by atoms with van der Waals surface area (Å²) in [5.74, 6) is 0.601. The lowest BCUT2D eigenvalue weighted by atomic mass is 10.1. The minimum Gasteiger partial charge on any atom is -0.494 e. The van der Waals surface area contributed by atoms with E-state index in [1.165, 1.54) is 0 Å². The van der Waals surface area contributed by atoms with Gasteiger partial charge in [-0.3, -0.25) is 4.79 Å². The van der Waals surface area contributed by atoms with E-state index in [9.17, 15) is 4.79 Å². The molecule has 1 N–H and O–H groups in total. The molecule has 4 nitrogen and oxygen atoms in total. The van der Waals surface area contributed by atoms with Gasteiger partial charge in [0.15, 0.2) is 0 Å². The summed E-state index contributed by atoms with van der Waals surface area (Å²) in [6, 6.07) is 13.1. The molecule has 22 heavy (non-hydrogen) atoms. The molecular weight excluding hydrogens is 276 g/mol. The number of amides is 1. The van der Waals surface area contributed by atoms with Crippen LogP contribution in [0.5, 0.6) is 5.75 Å². The van der Waals surface area contributed by atoms with Crippen molar-refractivity contribution < 1.29 is 9.53 Å². The van der Waals surface area contributed by atoms with E-state index in [1.54, 1.807) is 12.3 Å². The number of hydrogen-bond acceptors (Lipinski definition) is 3. The van der Waals surface area contributed by atoms with E-state index in [-0.39, 0.29) is 5.91 Å². The zero-order valence-corrected chi connectivity index (χ0v) is 13.1. The van der Waals surface area contributed by atoms with Gasteiger partial charge in [0, 0.05) is 5.56 Å². The molecule has 0 fully saturated rings. The van der Waals surface area contributed by atoms with E-state index >= 15 is 0 Å². The molecule has 0 heterocycles. The van der Waals surface area contributed by atoms with E-state index in [0.717, 1.165) is 22.4 Å². The van der Waals surface area contributed by atoms with E-state index < -0.39 is 0 Å². The van der Waals surface area contributed by atoms with Crippen LogP contribution < -0.4 is 10.2 Å². The van der Waals surface area contributed by atoms with E-state index in [4.69, 9.17) is 4.74 Å². The predicted octanol–water partition coefficient (Wildman–Crippen LogP) is 3.47. The van der Waals surface area contributed by atoms with Crippen molar-refractivity contribution in [1.29, 1.82) is 0 Å². The molecule has 4 heteroatoms. The molecular formula is C18H20N2O2. The van der Waals surface area contributed by atoms with Gasteiger partial charge in [0.2, 0.25) is 0 Å². The van der Waals surface area contributed by atoms with E-state index in [1.807, 2.05) is 57.2 Å². The van der Waals surface area contributed by atoms with Crippen molar-refractivity contribution in [2.45, 2.75) is 20.8 Å². The van der Waals surface area contributed by atoms with Gasteiger partial charge in [0.1, 0.15) is 5.75 Å². The maximum Gasteiger partial charge on any atom is 0.271 e. The predicted molar refractivity (Wildman–Crippen MR) is 88.6 cm³/mol. The molecule has 0 saturated heterocycles. The number of benzene rings is 2. The molecule has 2 aromatic rings. The average Bonchev–Trinajstić information content (AvgIpc) is 2.52. The van der Waals surface area contributed by atoms with E-state index in [2.05, 4.69) is 10.5 Å². The maximum absolute atomic E-state index is 12.0. The quantitative estimate of drug-likeness (QED) is 0.678. The molecule has 0 aliphatic carbocycles. The maximum atomic E-state index is 12.0. The van der Waals surface area contributed by atoms with Crippen molar-refractivity contribution >= 4 is 12.1 Å². The first-order chi connectivity index (χ1) is 10.6. The lowest BCUT2D eigenvalue weighted by molar-refractivity contribution is 0.0955. The first-order valence-electron chi connectivity index (χ1n) is 7.23. The molecule has 0 unspecified atom stereocenters. The summed E-state index contributed by atoms with van der Waals surface area (Å²) in [4.78, 5) is 12.0. The first kappa shape index (κ1) is 15.8. The van der Waals surface area contributed by atoms with Crippen LogP contribution in [-0.2, 0) is 0 Å². The second-order valence-electron chi connectivity index (χ2n) is 5.00. The molecule has 114 valence electrons. The van der Waals surface area contributed by atoms with Gasteiger partial charge in [-0.05, 0) is 73.9 Å². The van der Waals surface area contributed by atoms with Crippen LogP contribution in [0.3, 0.4) is 0 Å². The van der Waals surface area contributed by atoms with Crippen LogP contribution in [0.2, 0.25) is 0 Å². The van der Waals surface area contributed by atoms with Gasteiger partial charge < -0.3 is 4.74 Å². The van der Waals surface area contributed by atoms with Crippen LogP contribution in [-0.4, -0.2) is 18.7 Å². The van der Waals surface area contributed by atoms with Crippen LogP contribution in [0.25, 0.3) is 0 Å². The van der Waals surface area contributed by atoms with Gasteiger partial charge in [0.25, 0.3) is 5.91 Å². The van der Waals surface area contributed by atoms with E-state index in [0.29, 0.717) is 12.2 Å². The smallest absolute Gasteiger partial charge is 0.271 e. The normalized spacial score (nSPS) is 10.7. The van der Waals surface area contributed by atoms with Gasteiger partial charge in [0.05, 0.1) is 12.8 Å². The monoisotopic (exact) mass is 296 g/mol. The molecule has 1 amide bonds. The number of hydrazone groups is 1. The fraction of sp³-hybridized carbons (Fsp3) is 0.222. The second kappa shape index (κ2) is 7.41. The Balaban J connectivity index is 1.96. The highest BCUT2D eigenvalue weighted by Crippen LogP contribution is 2.11. The number of nitrogens with zero attached hydrogens (tertiary/aromatic N) is 1. The van der Waals surface area contributed by atoms with Crippen LogP contribution in [0.1, 0.15) is 34.0 Å². The minimum atomic E-state index is -0.217. The van der Waals surface area contributed by atoms with Crippen LogP contribution >= 0.6 is 0 Å². The standard InChI is InChI=1S/C18H20N2O2/c1-4-22-17-9-6-15(7-10-17)12-19-20-18(21)16-8-5-13(2)14(3)11-16/h5-12H,4H2,1-3H3,(H,20,21). The third-order valence-electron chi connectivity index (χ3n) is 3.34. The Hall–Kier alpha value is -2.62. The Morgan fingerprint density at radius 2 is 1.86 bits per heavy atom. The highest BCUT2D eigenvalue weighted by atomic mass is 16.5. The largest absolute Gasteiger partial charge is 0.494 e. The Bertz CT molecular complexity index is 676. The summed E-state index contributed by atoms with van der Waals surface area (Å²) < 4.78 is 5.37. The highest BCUT2D eigenvalue weighted by Gasteiger charge is 2.04. The molecule has 0 aromatic heterocycles. The summed E-state index contributed by atoms with van der Waals surface area (Å²) in [5, 5.41) is 3.98. The summed E-state index contributed by atoms with van der Waals surface area (Å²) >= 11 is 0. The van der Waals surface area contributed by atoms with Crippen LogP contribution in [0, 0.1) is 13.8 Å². The number of aryl methyl sites for hydroxylation is 2. The molecule has 2 rings (SSSR count). The summed E-state index contributed by atoms with van der Waals surface area (Å²) in [5.41, 5.74) is 6.28. The molecule has 0 saturated carbocycles. The fourth-order valence-electron chi connectivity index (χ4n) is 1.93. The zero-order chi connectivity index (χ0) is 15.9. The molecule has 0 aliphatic rings. The molecule has 0 spiro atoms. The van der Waals surface area contributed by atoms with Gasteiger partial charge in [-0.15, -0.1) is 0 Å². The zero-order valence-electron chi connectivity index (χ0n) is 13.1. The van der Waals surface area contributed by atoms with Gasteiger partial charge in [-0.1, -0.05) is 6.07 Å². The van der Waals surface area contributed by atoms with Gasteiger partial charge in [-0.2, -0.15) is 5.10 Å². The summed E-state index contributed by atoms with van der Waals surface area (Å²) in [7, 11) is 0. The fourth-order valence-corrected chi connectivity index (χ4v) is 1.93. The van der Waals surface area contributed by atoms with Crippen molar-refractivity contribution in [3.05, 3.63) is 64.7 Å². The van der Waals surface area contributed by atoms with Crippen LogP contribution in [0.4, 0.5) is 0 Å². The van der Waals surface area contributed by atoms with Crippen molar-refractivity contribution in [2.75, 3.05) is 6.61 Å². The van der Waals surface area contributed by atoms with Crippen molar-refractivity contribution in [1.82, 2.24) is 5.43 Å². The number of hydrogen-bond donors (Lipinski definition) is 1. The first-order valence-corrected chi connectivity index (χ1v) is 7.23. The summed E-state index contributed by atoms with van der Waals surface area (Å²) in [6.45, 7) is 6.58. The molecule has 0 bridgehead atoms. The van der Waals surface area contributed by atoms with Crippen molar-refractivity contribution in [3.63, 3.8) is 0 Å². The van der Waals surface area contributed by atoms with Gasteiger partial charge in [-0.25, -0.2) is 5.43 Å². The topological polar surface area (TPSA) is 50.7 Å². The third kappa shape index (κ3) is 4.19. The Morgan fingerprint density at radius 1 is 1.14 bits per heavy atom. The highest BCUT2D eigenvalue weighted by molar-refractivity contribution is 5.95.